The van der Waals surface area contributed by atoms with Crippen LogP contribution in [0, 0.1) is 17.1 Å². The van der Waals surface area contributed by atoms with Gasteiger partial charge in [-0.15, -0.1) is 0 Å². The molecule has 0 radical (unpaired) electrons. The van der Waals surface area contributed by atoms with Crippen molar-refractivity contribution in [2.24, 2.45) is 0 Å². The van der Waals surface area contributed by atoms with E-state index in [1.165, 1.54) is 18.2 Å². The van der Waals surface area contributed by atoms with E-state index in [1.54, 1.807) is 24.3 Å². The average molecular weight is 277 g/mol. The van der Waals surface area contributed by atoms with Crippen molar-refractivity contribution < 1.29 is 9.13 Å². The Hall–Kier alpha value is -2.25. The predicted octanol–water partition coefficient (Wildman–Crippen LogP) is 3.51. The van der Waals surface area contributed by atoms with Crippen LogP contribution in [0.3, 0.4) is 0 Å². The first kappa shape index (κ1) is 13.2. The van der Waals surface area contributed by atoms with E-state index in [4.69, 9.17) is 27.3 Å². The molecule has 0 fully saturated rings. The smallest absolute Gasteiger partial charge is 0.144 e. The Bertz CT molecular complexity index is 652. The summed E-state index contributed by atoms with van der Waals surface area (Å²) in [5.41, 5.74) is 6.86. The number of hydrogen-bond acceptors (Lipinski definition) is 3. The number of hydrogen-bond donors (Lipinski definition) is 1. The van der Waals surface area contributed by atoms with Gasteiger partial charge in [0.05, 0.1) is 0 Å². The van der Waals surface area contributed by atoms with Crippen LogP contribution >= 0.6 is 11.6 Å². The third-order valence-electron chi connectivity index (χ3n) is 2.58. The summed E-state index contributed by atoms with van der Waals surface area (Å²) in [6, 6.07) is 11.0. The minimum Gasteiger partial charge on any atom is -0.487 e. The molecule has 0 aliphatic rings. The van der Waals surface area contributed by atoms with Gasteiger partial charge in [0.1, 0.15) is 29.8 Å². The first-order chi connectivity index (χ1) is 9.11. The fourth-order valence-corrected chi connectivity index (χ4v) is 1.78. The Morgan fingerprint density at radius 3 is 2.84 bits per heavy atom. The van der Waals surface area contributed by atoms with Gasteiger partial charge >= 0.3 is 0 Å². The van der Waals surface area contributed by atoms with Crippen LogP contribution in [0.25, 0.3) is 0 Å². The minimum absolute atomic E-state index is 0.116. The summed E-state index contributed by atoms with van der Waals surface area (Å²) in [6.45, 7) is 0.116. The molecule has 0 amide bonds. The molecule has 0 bridgehead atoms. The van der Waals surface area contributed by atoms with Crippen LogP contribution in [0.15, 0.2) is 36.4 Å². The Morgan fingerprint density at radius 2 is 2.11 bits per heavy atom. The van der Waals surface area contributed by atoms with Crippen LogP contribution in [0.5, 0.6) is 5.75 Å². The Balaban J connectivity index is 2.22. The highest BCUT2D eigenvalue weighted by Gasteiger charge is 2.09. The molecule has 0 unspecified atom stereocenters. The summed E-state index contributed by atoms with van der Waals surface area (Å²) >= 11 is 5.86. The van der Waals surface area contributed by atoms with Gasteiger partial charge < -0.3 is 10.5 Å². The lowest BCUT2D eigenvalue weighted by atomic mass is 10.2. The highest BCUT2D eigenvalue weighted by molar-refractivity contribution is 6.30. The molecule has 0 saturated heterocycles. The second-order valence-corrected chi connectivity index (χ2v) is 4.29. The predicted molar refractivity (Wildman–Crippen MR) is 71.3 cm³/mol. The van der Waals surface area contributed by atoms with Gasteiger partial charge in [-0.25, -0.2) is 4.39 Å². The Kier molecular flexibility index (Phi) is 3.88. The molecule has 96 valence electrons. The van der Waals surface area contributed by atoms with Crippen LogP contribution in [-0.2, 0) is 6.61 Å². The van der Waals surface area contributed by atoms with Crippen molar-refractivity contribution in [1.82, 2.24) is 0 Å². The first-order valence-electron chi connectivity index (χ1n) is 5.47. The lowest BCUT2D eigenvalue weighted by Gasteiger charge is -2.10. The minimum atomic E-state index is -0.612. The number of halogens is 2. The molecule has 2 aromatic rings. The fraction of sp³-hybridized carbons (Fsp3) is 0.0714. The Labute approximate surface area is 115 Å². The van der Waals surface area contributed by atoms with Gasteiger partial charge in [0.25, 0.3) is 0 Å². The second-order valence-electron chi connectivity index (χ2n) is 3.86. The van der Waals surface area contributed by atoms with Crippen LogP contribution in [0.4, 0.5) is 10.1 Å². The largest absolute Gasteiger partial charge is 0.487 e. The van der Waals surface area contributed by atoms with Crippen molar-refractivity contribution in [3.05, 3.63) is 58.4 Å². The molecule has 3 nitrogen and oxygen atoms in total. The highest BCUT2D eigenvalue weighted by Crippen LogP contribution is 2.24. The third-order valence-corrected chi connectivity index (χ3v) is 2.81. The summed E-state index contributed by atoms with van der Waals surface area (Å²) in [7, 11) is 0. The van der Waals surface area contributed by atoms with Gasteiger partial charge in [-0.1, -0.05) is 17.7 Å². The van der Waals surface area contributed by atoms with E-state index in [9.17, 15) is 4.39 Å². The lowest BCUT2D eigenvalue weighted by Crippen LogP contribution is -2.02. The normalized spacial score (nSPS) is 9.95. The van der Waals surface area contributed by atoms with Gasteiger partial charge in [0.15, 0.2) is 0 Å². The van der Waals surface area contributed by atoms with Gasteiger partial charge in [0, 0.05) is 16.3 Å². The van der Waals surface area contributed by atoms with E-state index in [2.05, 4.69) is 0 Å². The fourth-order valence-electron chi connectivity index (χ4n) is 1.59. The number of benzene rings is 2. The standard InChI is InChI=1S/C14H10ClFN2O/c15-10-4-5-13(18)9(6-10)8-19-14-3-1-2-12(16)11(14)7-17/h1-6H,8,18H2. The van der Waals surface area contributed by atoms with Crippen molar-refractivity contribution in [2.75, 3.05) is 5.73 Å². The third kappa shape index (κ3) is 2.95. The quantitative estimate of drug-likeness (QED) is 0.873. The van der Waals surface area contributed by atoms with E-state index in [0.717, 1.165) is 0 Å². The number of nitrogens with zero attached hydrogens (tertiary/aromatic N) is 1. The van der Waals surface area contributed by atoms with Crippen molar-refractivity contribution >= 4 is 17.3 Å². The van der Waals surface area contributed by atoms with E-state index < -0.39 is 5.82 Å². The van der Waals surface area contributed by atoms with Crippen LogP contribution in [0.1, 0.15) is 11.1 Å². The molecule has 2 N–H and O–H groups in total. The molecule has 0 atom stereocenters. The second kappa shape index (κ2) is 5.59. The van der Waals surface area contributed by atoms with Crippen molar-refractivity contribution in [3.8, 4) is 11.8 Å². The summed E-state index contributed by atoms with van der Waals surface area (Å²) in [6.07, 6.45) is 0. The number of nitrogen functional groups attached to an aromatic ring is 1. The summed E-state index contributed by atoms with van der Waals surface area (Å²) in [5, 5.41) is 9.41. The monoisotopic (exact) mass is 276 g/mol. The molecule has 5 heteroatoms. The molecule has 19 heavy (non-hydrogen) atoms. The van der Waals surface area contributed by atoms with Gasteiger partial charge in [-0.05, 0) is 30.3 Å². The SMILES string of the molecule is N#Cc1c(F)cccc1OCc1cc(Cl)ccc1N. The van der Waals surface area contributed by atoms with E-state index in [0.29, 0.717) is 16.3 Å². The van der Waals surface area contributed by atoms with Crippen LogP contribution < -0.4 is 10.5 Å². The number of nitriles is 1. The molecular weight excluding hydrogens is 267 g/mol. The van der Waals surface area contributed by atoms with Crippen LogP contribution in [-0.4, -0.2) is 0 Å². The molecule has 0 aliphatic heterocycles. The summed E-state index contributed by atoms with van der Waals surface area (Å²) in [5.74, 6) is -0.430. The molecular formula is C14H10ClFN2O. The zero-order valence-corrected chi connectivity index (χ0v) is 10.6. The first-order valence-corrected chi connectivity index (χ1v) is 5.85. The van der Waals surface area contributed by atoms with Crippen LogP contribution in [0.2, 0.25) is 5.02 Å². The molecule has 2 aromatic carbocycles. The highest BCUT2D eigenvalue weighted by atomic mass is 35.5. The van der Waals surface area contributed by atoms with Crippen molar-refractivity contribution in [3.63, 3.8) is 0 Å². The molecule has 0 aromatic heterocycles. The van der Waals surface area contributed by atoms with Crippen molar-refractivity contribution in [2.45, 2.75) is 6.61 Å². The molecule has 0 aliphatic carbocycles. The zero-order chi connectivity index (χ0) is 13.8. The number of ether oxygens (including phenoxy) is 1. The summed E-state index contributed by atoms with van der Waals surface area (Å²) < 4.78 is 18.8. The maximum Gasteiger partial charge on any atom is 0.144 e. The maximum absolute atomic E-state index is 13.4. The average Bonchev–Trinajstić information content (AvgIpc) is 2.40. The molecule has 0 saturated carbocycles. The Morgan fingerprint density at radius 1 is 1.32 bits per heavy atom. The number of anilines is 1. The molecule has 2 rings (SSSR count). The number of nitrogens with two attached hydrogens (primary N) is 1. The van der Waals surface area contributed by atoms with Gasteiger partial charge in [-0.2, -0.15) is 5.26 Å². The zero-order valence-electron chi connectivity index (χ0n) is 9.86. The maximum atomic E-state index is 13.4. The molecule has 0 heterocycles. The van der Waals surface area contributed by atoms with E-state index in [-0.39, 0.29) is 17.9 Å². The number of rotatable bonds is 3. The van der Waals surface area contributed by atoms with Gasteiger partial charge in [-0.3, -0.25) is 0 Å². The lowest BCUT2D eigenvalue weighted by molar-refractivity contribution is 0.304. The van der Waals surface area contributed by atoms with E-state index in [1.807, 2.05) is 0 Å². The van der Waals surface area contributed by atoms with E-state index >= 15 is 0 Å². The topological polar surface area (TPSA) is 59.0 Å². The molecule has 0 spiro atoms. The van der Waals surface area contributed by atoms with Gasteiger partial charge in [0.2, 0.25) is 0 Å². The summed E-state index contributed by atoms with van der Waals surface area (Å²) in [4.78, 5) is 0. The van der Waals surface area contributed by atoms with Crippen molar-refractivity contribution in [1.29, 1.82) is 5.26 Å².